The zero-order chi connectivity index (χ0) is 24.2. The first kappa shape index (κ1) is 22.7. The monoisotopic (exact) mass is 480 g/mol. The first-order valence-corrected chi connectivity index (χ1v) is 12.2. The fourth-order valence-electron chi connectivity index (χ4n) is 3.91. The number of H-pyrrole nitrogens is 1. The number of aryl methyl sites for hydroxylation is 1. The number of nitrogens with one attached hydrogen (secondary N) is 1. The first-order valence-electron chi connectivity index (χ1n) is 11.4. The smallest absolute Gasteiger partial charge is 0.258 e. The molecule has 5 rings (SSSR count). The van der Waals surface area contributed by atoms with E-state index in [0.29, 0.717) is 23.3 Å². The van der Waals surface area contributed by atoms with Crippen LogP contribution in [0.1, 0.15) is 22.6 Å². The molecule has 0 bridgehead atoms. The molecule has 0 radical (unpaired) electrons. The van der Waals surface area contributed by atoms with E-state index in [4.69, 9.17) is 4.98 Å². The Balaban J connectivity index is 1.39. The summed E-state index contributed by atoms with van der Waals surface area (Å²) in [5.74, 6) is 0.377. The molecule has 0 saturated carbocycles. The summed E-state index contributed by atoms with van der Waals surface area (Å²) in [7, 11) is 0. The van der Waals surface area contributed by atoms with Crippen molar-refractivity contribution in [3.63, 3.8) is 0 Å². The van der Waals surface area contributed by atoms with Crippen molar-refractivity contribution in [3.05, 3.63) is 117 Å². The van der Waals surface area contributed by atoms with Gasteiger partial charge in [-0.3, -0.25) is 9.59 Å². The fraction of sp³-hybridized carbons (Fsp3) is 0.143. The number of nitrogens with zero attached hydrogens (tertiary/aromatic N) is 3. The van der Waals surface area contributed by atoms with Crippen LogP contribution >= 0.6 is 11.3 Å². The second kappa shape index (κ2) is 10.0. The molecule has 0 saturated heterocycles. The van der Waals surface area contributed by atoms with Gasteiger partial charge < -0.3 is 9.88 Å². The summed E-state index contributed by atoms with van der Waals surface area (Å²) in [6, 6.07) is 25.2. The number of aromatic nitrogens is 3. The molecule has 174 valence electrons. The third kappa shape index (κ3) is 5.36. The van der Waals surface area contributed by atoms with Gasteiger partial charge in [-0.25, -0.2) is 9.97 Å². The molecule has 0 aliphatic rings. The molecule has 3 aromatic carbocycles. The van der Waals surface area contributed by atoms with E-state index in [0.717, 1.165) is 21.8 Å². The van der Waals surface area contributed by atoms with Gasteiger partial charge in [0.05, 0.1) is 29.6 Å². The van der Waals surface area contributed by atoms with Crippen molar-refractivity contribution in [1.82, 2.24) is 19.9 Å². The zero-order valence-electron chi connectivity index (χ0n) is 19.3. The van der Waals surface area contributed by atoms with E-state index in [9.17, 15) is 9.59 Å². The summed E-state index contributed by atoms with van der Waals surface area (Å²) in [6.45, 7) is 2.66. The molecule has 0 unspecified atom stereocenters. The van der Waals surface area contributed by atoms with Crippen molar-refractivity contribution in [2.24, 2.45) is 0 Å². The zero-order valence-corrected chi connectivity index (χ0v) is 20.1. The number of para-hydroxylation sites is 1. The second-order valence-electron chi connectivity index (χ2n) is 8.45. The van der Waals surface area contributed by atoms with Crippen LogP contribution in [0.15, 0.2) is 89.0 Å². The van der Waals surface area contributed by atoms with E-state index in [1.807, 2.05) is 60.0 Å². The molecule has 7 heteroatoms. The molecule has 6 nitrogen and oxygen atoms in total. The van der Waals surface area contributed by atoms with Crippen LogP contribution in [-0.4, -0.2) is 25.8 Å². The van der Waals surface area contributed by atoms with Crippen LogP contribution in [0.2, 0.25) is 0 Å². The molecule has 0 aliphatic heterocycles. The molecular formula is C28H24N4O2S. The maximum absolute atomic E-state index is 13.4. The lowest BCUT2D eigenvalue weighted by Crippen LogP contribution is -2.33. The molecule has 2 heterocycles. The van der Waals surface area contributed by atoms with Gasteiger partial charge in [0.1, 0.15) is 10.8 Å². The Morgan fingerprint density at radius 3 is 2.46 bits per heavy atom. The van der Waals surface area contributed by atoms with Gasteiger partial charge in [0.25, 0.3) is 5.56 Å². The second-order valence-corrected chi connectivity index (χ2v) is 9.31. The van der Waals surface area contributed by atoms with E-state index in [1.165, 1.54) is 16.9 Å². The van der Waals surface area contributed by atoms with Gasteiger partial charge in [-0.05, 0) is 24.6 Å². The van der Waals surface area contributed by atoms with Crippen molar-refractivity contribution < 1.29 is 4.79 Å². The van der Waals surface area contributed by atoms with Crippen molar-refractivity contribution in [2.75, 3.05) is 0 Å². The molecule has 1 N–H and O–H groups in total. The van der Waals surface area contributed by atoms with E-state index in [2.05, 4.69) is 29.0 Å². The summed E-state index contributed by atoms with van der Waals surface area (Å²) in [5, 5.41) is 3.36. The van der Waals surface area contributed by atoms with Gasteiger partial charge in [-0.2, -0.15) is 0 Å². The normalized spacial score (nSPS) is 11.0. The molecular weight excluding hydrogens is 456 g/mol. The molecule has 0 aliphatic carbocycles. The van der Waals surface area contributed by atoms with Crippen molar-refractivity contribution in [2.45, 2.75) is 26.4 Å². The first-order chi connectivity index (χ1) is 17.0. The van der Waals surface area contributed by atoms with Crippen LogP contribution in [0.3, 0.4) is 0 Å². The predicted octanol–water partition coefficient (Wildman–Crippen LogP) is 5.13. The van der Waals surface area contributed by atoms with Crippen LogP contribution in [0.4, 0.5) is 0 Å². The van der Waals surface area contributed by atoms with E-state index in [1.54, 1.807) is 17.0 Å². The number of carbonyl (C=O) groups excluding carboxylic acids is 1. The third-order valence-corrected chi connectivity index (χ3v) is 6.69. The lowest BCUT2D eigenvalue weighted by Gasteiger charge is -2.22. The standard InChI is InChI=1S/C28H24N4O2S/c1-19-11-13-21(14-12-19)28-29-22(18-35-28)15-26(33)32(16-20-7-3-2-4-8-20)17-25-30-24-10-6-5-9-23(24)27(34)31-25/h2-14,18H,15-17H2,1H3,(H,30,31,34). The highest BCUT2D eigenvalue weighted by atomic mass is 32.1. The number of hydrogen-bond acceptors (Lipinski definition) is 5. The van der Waals surface area contributed by atoms with E-state index >= 15 is 0 Å². The van der Waals surface area contributed by atoms with Gasteiger partial charge >= 0.3 is 0 Å². The largest absolute Gasteiger partial charge is 0.331 e. The summed E-state index contributed by atoms with van der Waals surface area (Å²) < 4.78 is 0. The Morgan fingerprint density at radius 1 is 0.914 bits per heavy atom. The Morgan fingerprint density at radius 2 is 1.66 bits per heavy atom. The van der Waals surface area contributed by atoms with Crippen LogP contribution in [0, 0.1) is 6.92 Å². The van der Waals surface area contributed by atoms with Gasteiger partial charge in [-0.15, -0.1) is 11.3 Å². The van der Waals surface area contributed by atoms with Crippen molar-refractivity contribution >= 4 is 28.1 Å². The summed E-state index contributed by atoms with van der Waals surface area (Å²) >= 11 is 1.53. The molecule has 0 atom stereocenters. The highest BCUT2D eigenvalue weighted by Gasteiger charge is 2.19. The van der Waals surface area contributed by atoms with E-state index < -0.39 is 0 Å². The van der Waals surface area contributed by atoms with Crippen LogP contribution in [-0.2, 0) is 24.3 Å². The summed E-state index contributed by atoms with van der Waals surface area (Å²) in [6.07, 6.45) is 0.174. The molecule has 5 aromatic rings. The van der Waals surface area contributed by atoms with Crippen LogP contribution < -0.4 is 5.56 Å². The predicted molar refractivity (Wildman–Crippen MR) is 139 cm³/mol. The average Bonchev–Trinajstić information content (AvgIpc) is 3.33. The van der Waals surface area contributed by atoms with Crippen LogP contribution in [0.25, 0.3) is 21.5 Å². The topological polar surface area (TPSA) is 79.0 Å². The Bertz CT molecular complexity index is 1520. The van der Waals surface area contributed by atoms with Gasteiger partial charge in [-0.1, -0.05) is 72.3 Å². The number of aromatic amines is 1. The number of fused-ring (bicyclic) bond motifs is 1. The molecule has 1 amide bonds. The molecule has 0 spiro atoms. The van der Waals surface area contributed by atoms with Gasteiger partial charge in [0, 0.05) is 17.5 Å². The quantitative estimate of drug-likeness (QED) is 0.350. The number of amides is 1. The Labute approximate surface area is 206 Å². The summed E-state index contributed by atoms with van der Waals surface area (Å²) in [4.78, 5) is 39.8. The SMILES string of the molecule is Cc1ccc(-c2nc(CC(=O)N(Cc3ccccc3)Cc3nc4ccccc4c(=O)[nH]3)cs2)cc1. The molecule has 0 fully saturated rings. The van der Waals surface area contributed by atoms with Gasteiger partial charge in [0.2, 0.25) is 5.91 Å². The van der Waals surface area contributed by atoms with Crippen molar-refractivity contribution in [1.29, 1.82) is 0 Å². The Hall–Kier alpha value is -4.10. The maximum atomic E-state index is 13.4. The fourth-order valence-corrected chi connectivity index (χ4v) is 4.74. The maximum Gasteiger partial charge on any atom is 0.258 e. The average molecular weight is 481 g/mol. The van der Waals surface area contributed by atoms with Gasteiger partial charge in [0.15, 0.2) is 0 Å². The lowest BCUT2D eigenvalue weighted by atomic mass is 10.1. The third-order valence-electron chi connectivity index (χ3n) is 5.75. The van der Waals surface area contributed by atoms with Crippen LogP contribution in [0.5, 0.6) is 0 Å². The molecule has 35 heavy (non-hydrogen) atoms. The summed E-state index contributed by atoms with van der Waals surface area (Å²) in [5.41, 5.74) is 4.37. The highest BCUT2D eigenvalue weighted by molar-refractivity contribution is 7.13. The highest BCUT2D eigenvalue weighted by Crippen LogP contribution is 2.24. The lowest BCUT2D eigenvalue weighted by molar-refractivity contribution is -0.131. The number of thiazole rings is 1. The minimum absolute atomic E-state index is 0.0783. The number of benzene rings is 3. The van der Waals surface area contributed by atoms with Crippen molar-refractivity contribution in [3.8, 4) is 10.6 Å². The minimum atomic E-state index is -0.208. The van der Waals surface area contributed by atoms with E-state index in [-0.39, 0.29) is 24.4 Å². The number of hydrogen-bond donors (Lipinski definition) is 1. The molecule has 2 aromatic heterocycles. The minimum Gasteiger partial charge on any atom is -0.331 e. The number of carbonyl (C=O) groups is 1. The Kier molecular flexibility index (Phi) is 6.50. The number of rotatable bonds is 7.